The van der Waals surface area contributed by atoms with E-state index in [2.05, 4.69) is 5.32 Å². The summed E-state index contributed by atoms with van der Waals surface area (Å²) in [5.41, 5.74) is 2.50. The summed E-state index contributed by atoms with van der Waals surface area (Å²) in [6.07, 6.45) is 1.17. The molecular weight excluding hydrogens is 535 g/mol. The maximum absolute atomic E-state index is 13.5. The highest BCUT2D eigenvalue weighted by molar-refractivity contribution is 7.88. The highest BCUT2D eigenvalue weighted by atomic mass is 32.2. The Morgan fingerprint density at radius 3 is 2.50 bits per heavy atom. The number of carboxylic acid groups (broad SMARTS) is 2. The molecule has 1 aliphatic heterocycles. The van der Waals surface area contributed by atoms with Crippen LogP contribution < -0.4 is 10.1 Å². The Morgan fingerprint density at radius 2 is 1.84 bits per heavy atom. The van der Waals surface area contributed by atoms with Crippen LogP contribution in [0.25, 0.3) is 10.4 Å². The van der Waals surface area contributed by atoms with Crippen LogP contribution in [0, 0.1) is 12.7 Å². The number of anilines is 1. The molecule has 0 saturated carbocycles. The number of piperidine rings is 1. The predicted molar refractivity (Wildman–Crippen MR) is 142 cm³/mol. The molecule has 12 heteroatoms. The minimum Gasteiger partial charge on any atom is -0.480 e. The molecule has 1 aromatic heterocycles. The van der Waals surface area contributed by atoms with Crippen molar-refractivity contribution in [3.8, 4) is 16.2 Å². The van der Waals surface area contributed by atoms with Gasteiger partial charge in [-0.3, -0.25) is 0 Å². The topological polar surface area (TPSA) is 133 Å². The Hall–Kier alpha value is -3.48. The number of nitrogens with one attached hydrogen (secondary N) is 1. The average Bonchev–Trinajstić information content (AvgIpc) is 3.19. The first kappa shape index (κ1) is 27.6. The number of halogens is 1. The van der Waals surface area contributed by atoms with Crippen LogP contribution in [-0.4, -0.2) is 60.6 Å². The number of aromatic carboxylic acids is 1. The molecule has 1 fully saturated rings. The number of hydrogen-bond donors (Lipinski definition) is 3. The Morgan fingerprint density at radius 1 is 1.13 bits per heavy atom. The van der Waals surface area contributed by atoms with Gasteiger partial charge in [0.2, 0.25) is 10.0 Å². The van der Waals surface area contributed by atoms with Crippen molar-refractivity contribution < 1.29 is 37.3 Å². The van der Waals surface area contributed by atoms with Crippen molar-refractivity contribution in [2.75, 3.05) is 25.0 Å². The fourth-order valence-electron chi connectivity index (χ4n) is 4.42. The molecule has 2 aromatic carbocycles. The van der Waals surface area contributed by atoms with Crippen LogP contribution in [0.4, 0.5) is 10.1 Å². The molecule has 0 amide bonds. The van der Waals surface area contributed by atoms with Gasteiger partial charge in [0.05, 0.1) is 5.75 Å². The van der Waals surface area contributed by atoms with Crippen molar-refractivity contribution in [1.82, 2.24) is 4.31 Å². The molecule has 4 rings (SSSR count). The number of thiophene rings is 1. The van der Waals surface area contributed by atoms with E-state index >= 15 is 0 Å². The van der Waals surface area contributed by atoms with Crippen LogP contribution in [0.3, 0.4) is 0 Å². The SMILES string of the molecule is Cc1c(-c2cccc(NC3CCN(S(=O)(=O)Cc4cccc(F)c4)CC3)c2)sc(C(=O)O)c1OCC(=O)O. The van der Waals surface area contributed by atoms with E-state index in [9.17, 15) is 27.5 Å². The van der Waals surface area contributed by atoms with Gasteiger partial charge in [0.15, 0.2) is 11.5 Å². The van der Waals surface area contributed by atoms with Gasteiger partial charge < -0.3 is 20.3 Å². The van der Waals surface area contributed by atoms with E-state index in [1.54, 1.807) is 13.0 Å². The van der Waals surface area contributed by atoms with Crippen molar-refractivity contribution in [2.24, 2.45) is 0 Å². The smallest absolute Gasteiger partial charge is 0.349 e. The van der Waals surface area contributed by atoms with Gasteiger partial charge in [0, 0.05) is 35.3 Å². The number of benzene rings is 2. The summed E-state index contributed by atoms with van der Waals surface area (Å²) < 4.78 is 45.8. The minimum absolute atomic E-state index is 0.0272. The number of nitrogens with zero attached hydrogens (tertiary/aromatic N) is 1. The van der Waals surface area contributed by atoms with E-state index in [4.69, 9.17) is 9.84 Å². The van der Waals surface area contributed by atoms with E-state index in [0.717, 1.165) is 22.6 Å². The summed E-state index contributed by atoms with van der Waals surface area (Å²) in [6.45, 7) is 1.72. The fourth-order valence-corrected chi connectivity index (χ4v) is 7.05. The molecule has 0 bridgehead atoms. The van der Waals surface area contributed by atoms with Crippen molar-refractivity contribution >= 4 is 39.0 Å². The van der Waals surface area contributed by atoms with E-state index in [-0.39, 0.29) is 22.4 Å². The standard InChI is InChI=1S/C26H27FN2O7S2/c1-16-23(36-14-22(30)31)25(26(32)33)37-24(16)18-5-3-7-21(13-18)28-20-8-10-29(11-9-20)38(34,35)15-17-4-2-6-19(27)12-17/h2-7,12-13,20,28H,8-11,14-15H2,1H3,(H,30,31)(H,32,33). The number of rotatable bonds is 10. The van der Waals surface area contributed by atoms with Crippen molar-refractivity contribution in [2.45, 2.75) is 31.6 Å². The Labute approximate surface area is 223 Å². The van der Waals surface area contributed by atoms with Crippen LogP contribution in [0.1, 0.15) is 33.6 Å². The lowest BCUT2D eigenvalue weighted by Crippen LogP contribution is -2.42. The first-order valence-electron chi connectivity index (χ1n) is 11.8. The summed E-state index contributed by atoms with van der Waals surface area (Å²) in [6, 6.07) is 13.0. The molecule has 1 aliphatic rings. The van der Waals surface area contributed by atoms with Gasteiger partial charge in [-0.05, 0) is 55.2 Å². The lowest BCUT2D eigenvalue weighted by atomic mass is 10.0. The minimum atomic E-state index is -3.57. The molecule has 0 unspecified atom stereocenters. The monoisotopic (exact) mass is 562 g/mol. The highest BCUT2D eigenvalue weighted by Crippen LogP contribution is 2.42. The molecule has 9 nitrogen and oxygen atoms in total. The van der Waals surface area contributed by atoms with Crippen molar-refractivity contribution in [3.63, 3.8) is 0 Å². The Balaban J connectivity index is 1.43. The number of hydrogen-bond acceptors (Lipinski definition) is 7. The molecule has 38 heavy (non-hydrogen) atoms. The third-order valence-corrected chi connectivity index (χ3v) is 9.37. The Bertz CT molecular complexity index is 1450. The zero-order chi connectivity index (χ0) is 27.4. The molecule has 3 aromatic rings. The molecule has 2 heterocycles. The van der Waals surface area contributed by atoms with Crippen LogP contribution in [0.5, 0.6) is 5.75 Å². The zero-order valence-corrected chi connectivity index (χ0v) is 22.1. The third-order valence-electron chi connectivity index (χ3n) is 6.21. The van der Waals surface area contributed by atoms with Crippen LogP contribution in [0.15, 0.2) is 48.5 Å². The average molecular weight is 563 g/mol. The summed E-state index contributed by atoms with van der Waals surface area (Å²) in [4.78, 5) is 23.2. The van der Waals surface area contributed by atoms with Crippen molar-refractivity contribution in [1.29, 1.82) is 0 Å². The summed E-state index contributed by atoms with van der Waals surface area (Å²) >= 11 is 1.02. The number of aliphatic carboxylic acids is 1. The molecule has 0 radical (unpaired) electrons. The largest absolute Gasteiger partial charge is 0.480 e. The molecule has 0 aliphatic carbocycles. The van der Waals surface area contributed by atoms with Gasteiger partial charge in [0.1, 0.15) is 11.6 Å². The van der Waals surface area contributed by atoms with Gasteiger partial charge >= 0.3 is 11.9 Å². The lowest BCUT2D eigenvalue weighted by molar-refractivity contribution is -0.139. The summed E-state index contributed by atoms with van der Waals surface area (Å²) in [7, 11) is -3.57. The third kappa shape index (κ3) is 6.50. The van der Waals surface area contributed by atoms with Gasteiger partial charge in [-0.25, -0.2) is 26.7 Å². The first-order valence-corrected chi connectivity index (χ1v) is 14.3. The molecular formula is C26H27FN2O7S2. The number of carbonyl (C=O) groups is 2. The van der Waals surface area contributed by atoms with Crippen LogP contribution in [-0.2, 0) is 20.6 Å². The van der Waals surface area contributed by atoms with Gasteiger partial charge in [-0.1, -0.05) is 24.3 Å². The fraction of sp³-hybridized carbons (Fsp3) is 0.308. The highest BCUT2D eigenvalue weighted by Gasteiger charge is 2.28. The van der Waals surface area contributed by atoms with E-state index in [1.807, 2.05) is 24.3 Å². The summed E-state index contributed by atoms with van der Waals surface area (Å²) in [5, 5.41) is 21.9. The van der Waals surface area contributed by atoms with E-state index < -0.39 is 34.4 Å². The van der Waals surface area contributed by atoms with Crippen LogP contribution >= 0.6 is 11.3 Å². The second kappa shape index (κ2) is 11.5. The quantitative estimate of drug-likeness (QED) is 0.331. The second-order valence-corrected chi connectivity index (χ2v) is 12.0. The maximum Gasteiger partial charge on any atom is 0.349 e. The van der Waals surface area contributed by atoms with Gasteiger partial charge in [0.25, 0.3) is 0 Å². The van der Waals surface area contributed by atoms with Gasteiger partial charge in [-0.2, -0.15) is 0 Å². The van der Waals surface area contributed by atoms with E-state index in [1.165, 1.54) is 22.5 Å². The molecule has 0 spiro atoms. The predicted octanol–water partition coefficient (Wildman–Crippen LogP) is 4.43. The second-order valence-electron chi connectivity index (χ2n) is 8.99. The summed E-state index contributed by atoms with van der Waals surface area (Å²) in [5.74, 6) is -3.07. The number of sulfonamides is 1. The number of ether oxygens (including phenoxy) is 1. The van der Waals surface area contributed by atoms with Crippen molar-refractivity contribution in [3.05, 3.63) is 70.4 Å². The lowest BCUT2D eigenvalue weighted by Gasteiger charge is -2.32. The number of carboxylic acids is 2. The van der Waals surface area contributed by atoms with Crippen LogP contribution in [0.2, 0.25) is 0 Å². The van der Waals surface area contributed by atoms with E-state index in [0.29, 0.717) is 41.9 Å². The molecule has 202 valence electrons. The molecule has 3 N–H and O–H groups in total. The zero-order valence-electron chi connectivity index (χ0n) is 20.5. The van der Waals surface area contributed by atoms with Gasteiger partial charge in [-0.15, -0.1) is 11.3 Å². The normalized spacial score (nSPS) is 14.8. The molecule has 1 saturated heterocycles. The molecule has 0 atom stereocenters. The Kier molecular flexibility index (Phi) is 8.34. The maximum atomic E-state index is 13.5. The first-order chi connectivity index (χ1) is 18.0.